The second kappa shape index (κ2) is 5.09. The van der Waals surface area contributed by atoms with Gasteiger partial charge in [-0.1, -0.05) is 22.0 Å². The van der Waals surface area contributed by atoms with Crippen molar-refractivity contribution in [3.05, 3.63) is 52.6 Å². The molecule has 2 rings (SSSR count). The van der Waals surface area contributed by atoms with Crippen molar-refractivity contribution in [3.8, 4) is 11.6 Å². The summed E-state index contributed by atoms with van der Waals surface area (Å²) in [6.07, 6.45) is 1.61. The number of ether oxygens (including phenoxy) is 1. The van der Waals surface area contributed by atoms with Crippen molar-refractivity contribution < 1.29 is 9.84 Å². The summed E-state index contributed by atoms with van der Waals surface area (Å²) in [5.74, 6) is 1.18. The monoisotopic (exact) mass is 279 g/mol. The molecule has 0 radical (unpaired) electrons. The van der Waals surface area contributed by atoms with Gasteiger partial charge < -0.3 is 9.84 Å². The fourth-order valence-electron chi connectivity index (χ4n) is 1.26. The molecule has 0 unspecified atom stereocenters. The Bertz CT molecular complexity index is 488. The van der Waals surface area contributed by atoms with E-state index in [0.717, 1.165) is 10.0 Å². The van der Waals surface area contributed by atoms with Crippen LogP contribution in [0.4, 0.5) is 0 Å². The number of rotatable bonds is 3. The zero-order valence-electron chi connectivity index (χ0n) is 8.43. The van der Waals surface area contributed by atoms with Gasteiger partial charge in [0.2, 0.25) is 5.88 Å². The van der Waals surface area contributed by atoms with Crippen molar-refractivity contribution >= 4 is 15.9 Å². The van der Waals surface area contributed by atoms with E-state index in [1.807, 2.05) is 24.3 Å². The van der Waals surface area contributed by atoms with Gasteiger partial charge >= 0.3 is 0 Å². The third kappa shape index (κ3) is 2.81. The molecule has 0 bridgehead atoms. The lowest BCUT2D eigenvalue weighted by atomic mass is 10.3. The highest BCUT2D eigenvalue weighted by atomic mass is 79.9. The number of aromatic nitrogens is 1. The first-order chi connectivity index (χ1) is 7.78. The highest BCUT2D eigenvalue weighted by molar-refractivity contribution is 9.10. The summed E-state index contributed by atoms with van der Waals surface area (Å²) in [6, 6.07) is 11.0. The van der Waals surface area contributed by atoms with Gasteiger partial charge in [0, 0.05) is 16.7 Å². The minimum Gasteiger partial charge on any atom is -0.439 e. The zero-order chi connectivity index (χ0) is 11.4. The zero-order valence-corrected chi connectivity index (χ0v) is 10.0. The Balaban J connectivity index is 2.20. The molecule has 0 saturated heterocycles. The van der Waals surface area contributed by atoms with Gasteiger partial charge in [0.25, 0.3) is 0 Å². The van der Waals surface area contributed by atoms with Gasteiger partial charge in [-0.25, -0.2) is 4.98 Å². The highest BCUT2D eigenvalue weighted by Crippen LogP contribution is 2.23. The van der Waals surface area contributed by atoms with E-state index in [-0.39, 0.29) is 6.61 Å². The number of hydrogen-bond acceptors (Lipinski definition) is 3. The van der Waals surface area contributed by atoms with Gasteiger partial charge in [-0.05, 0) is 29.8 Å². The van der Waals surface area contributed by atoms with Crippen LogP contribution in [0.2, 0.25) is 0 Å². The Morgan fingerprint density at radius 3 is 2.88 bits per heavy atom. The largest absolute Gasteiger partial charge is 0.439 e. The number of halogens is 1. The molecule has 82 valence electrons. The summed E-state index contributed by atoms with van der Waals surface area (Å²) in [6.45, 7) is -0.0165. The van der Waals surface area contributed by atoms with Crippen LogP contribution in [0.15, 0.2) is 47.1 Å². The Morgan fingerprint density at radius 2 is 2.12 bits per heavy atom. The standard InChI is InChI=1S/C12H10BrNO2/c13-10-2-1-3-11(7-10)16-12-6-9(8-15)4-5-14-12/h1-7,15H,8H2. The first-order valence-electron chi connectivity index (χ1n) is 4.77. The van der Waals surface area contributed by atoms with Crippen molar-refractivity contribution in [1.29, 1.82) is 0 Å². The second-order valence-electron chi connectivity index (χ2n) is 3.22. The van der Waals surface area contributed by atoms with Crippen LogP contribution < -0.4 is 4.74 Å². The second-order valence-corrected chi connectivity index (χ2v) is 4.14. The Kier molecular flexibility index (Phi) is 3.54. The van der Waals surface area contributed by atoms with Crippen molar-refractivity contribution in [2.24, 2.45) is 0 Å². The predicted octanol–water partition coefficient (Wildman–Crippen LogP) is 3.13. The molecule has 0 fully saturated rings. The van der Waals surface area contributed by atoms with E-state index >= 15 is 0 Å². The van der Waals surface area contributed by atoms with Crippen molar-refractivity contribution in [3.63, 3.8) is 0 Å². The van der Waals surface area contributed by atoms with Gasteiger partial charge in [0.15, 0.2) is 0 Å². The molecule has 0 amide bonds. The summed E-state index contributed by atoms with van der Waals surface area (Å²) in [5, 5.41) is 8.98. The third-order valence-electron chi connectivity index (χ3n) is 2.00. The minimum absolute atomic E-state index is 0.0165. The summed E-state index contributed by atoms with van der Waals surface area (Å²) < 4.78 is 6.50. The number of hydrogen-bond donors (Lipinski definition) is 1. The average Bonchev–Trinajstić information content (AvgIpc) is 2.29. The summed E-state index contributed by atoms with van der Waals surface area (Å²) in [4.78, 5) is 4.06. The lowest BCUT2D eigenvalue weighted by molar-refractivity contribution is 0.281. The molecule has 3 nitrogen and oxygen atoms in total. The average molecular weight is 280 g/mol. The SMILES string of the molecule is OCc1ccnc(Oc2cccc(Br)c2)c1. The fraction of sp³-hybridized carbons (Fsp3) is 0.0833. The van der Waals surface area contributed by atoms with Crippen LogP contribution in [-0.4, -0.2) is 10.1 Å². The van der Waals surface area contributed by atoms with Crippen LogP contribution in [0, 0.1) is 0 Å². The van der Waals surface area contributed by atoms with Crippen molar-refractivity contribution in [2.75, 3.05) is 0 Å². The Hall–Kier alpha value is -1.39. The van der Waals surface area contributed by atoms with Crippen LogP contribution >= 0.6 is 15.9 Å². The molecule has 1 heterocycles. The maximum absolute atomic E-state index is 8.98. The van der Waals surface area contributed by atoms with Crippen molar-refractivity contribution in [2.45, 2.75) is 6.61 Å². The number of aliphatic hydroxyl groups excluding tert-OH is 1. The molecule has 0 aliphatic carbocycles. The number of pyridine rings is 1. The lowest BCUT2D eigenvalue weighted by Crippen LogP contribution is -1.90. The fourth-order valence-corrected chi connectivity index (χ4v) is 1.63. The molecular weight excluding hydrogens is 270 g/mol. The topological polar surface area (TPSA) is 42.4 Å². The van der Waals surface area contributed by atoms with Crippen LogP contribution in [0.1, 0.15) is 5.56 Å². The molecule has 1 aromatic heterocycles. The molecule has 4 heteroatoms. The lowest BCUT2D eigenvalue weighted by Gasteiger charge is -2.05. The van der Waals surface area contributed by atoms with Gasteiger partial charge in [-0.3, -0.25) is 0 Å². The molecule has 0 saturated carbocycles. The molecule has 0 spiro atoms. The molecule has 2 aromatic rings. The highest BCUT2D eigenvalue weighted by Gasteiger charge is 2.00. The maximum atomic E-state index is 8.98. The third-order valence-corrected chi connectivity index (χ3v) is 2.49. The van der Waals surface area contributed by atoms with E-state index in [2.05, 4.69) is 20.9 Å². The first-order valence-corrected chi connectivity index (χ1v) is 5.56. The summed E-state index contributed by atoms with van der Waals surface area (Å²) >= 11 is 3.36. The smallest absolute Gasteiger partial charge is 0.219 e. The van der Waals surface area contributed by atoms with Crippen LogP contribution in [-0.2, 0) is 6.61 Å². The van der Waals surface area contributed by atoms with E-state index in [1.165, 1.54) is 0 Å². The number of aliphatic hydroxyl groups is 1. The summed E-state index contributed by atoms with van der Waals surface area (Å²) in [5.41, 5.74) is 0.778. The quantitative estimate of drug-likeness (QED) is 0.939. The summed E-state index contributed by atoms with van der Waals surface area (Å²) in [7, 11) is 0. The normalized spacial score (nSPS) is 10.1. The van der Waals surface area contributed by atoms with Gasteiger partial charge in [-0.2, -0.15) is 0 Å². The Morgan fingerprint density at radius 1 is 1.25 bits per heavy atom. The molecule has 16 heavy (non-hydrogen) atoms. The van der Waals surface area contributed by atoms with Crippen LogP contribution in [0.3, 0.4) is 0 Å². The van der Waals surface area contributed by atoms with Gasteiger partial charge in [0.05, 0.1) is 6.61 Å². The minimum atomic E-state index is -0.0165. The number of nitrogens with zero attached hydrogens (tertiary/aromatic N) is 1. The molecule has 0 aliphatic rings. The maximum Gasteiger partial charge on any atom is 0.219 e. The van der Waals surface area contributed by atoms with Crippen molar-refractivity contribution in [1.82, 2.24) is 4.98 Å². The molecular formula is C12H10BrNO2. The first kappa shape index (κ1) is 11.1. The van der Waals surface area contributed by atoms with Crippen LogP contribution in [0.25, 0.3) is 0 Å². The Labute approximate surface area is 102 Å². The van der Waals surface area contributed by atoms with Gasteiger partial charge in [0.1, 0.15) is 5.75 Å². The van der Waals surface area contributed by atoms with E-state index in [0.29, 0.717) is 11.6 Å². The molecule has 1 N–H and O–H groups in total. The van der Waals surface area contributed by atoms with E-state index in [4.69, 9.17) is 9.84 Å². The van der Waals surface area contributed by atoms with E-state index in [1.54, 1.807) is 18.3 Å². The molecule has 0 aliphatic heterocycles. The van der Waals surface area contributed by atoms with E-state index in [9.17, 15) is 0 Å². The predicted molar refractivity (Wildman–Crippen MR) is 64.4 cm³/mol. The van der Waals surface area contributed by atoms with Gasteiger partial charge in [-0.15, -0.1) is 0 Å². The van der Waals surface area contributed by atoms with E-state index < -0.39 is 0 Å². The molecule has 0 atom stereocenters. The molecule has 1 aromatic carbocycles. The number of benzene rings is 1. The van der Waals surface area contributed by atoms with Crippen LogP contribution in [0.5, 0.6) is 11.6 Å².